The average Bonchev–Trinajstić information content (AvgIpc) is 2.53. The van der Waals surface area contributed by atoms with Gasteiger partial charge in [-0.3, -0.25) is 9.89 Å². The lowest BCUT2D eigenvalue weighted by Gasteiger charge is -2.44. The third-order valence-corrected chi connectivity index (χ3v) is 4.28. The Balaban J connectivity index is 0.00000312. The Hall–Kier alpha value is -1.06. The molecular weight excluding hydrogens is 431 g/mol. The molecule has 1 aliphatic heterocycles. The van der Waals surface area contributed by atoms with Gasteiger partial charge < -0.3 is 20.5 Å². The van der Waals surface area contributed by atoms with Crippen LogP contribution >= 0.6 is 24.0 Å². The Morgan fingerprint density at radius 2 is 1.92 bits per heavy atom. The number of guanidine groups is 1. The van der Waals surface area contributed by atoms with Crippen LogP contribution in [0.4, 0.5) is 5.69 Å². The highest BCUT2D eigenvalue weighted by atomic mass is 127. The third kappa shape index (κ3) is 6.31. The molecular formula is C18H31IN4O2. The molecule has 0 radical (unpaired) electrons. The lowest BCUT2D eigenvalue weighted by molar-refractivity contribution is -0.0939. The molecule has 2 unspecified atom stereocenters. The monoisotopic (exact) mass is 462 g/mol. The molecule has 1 heterocycles. The molecule has 1 saturated heterocycles. The van der Waals surface area contributed by atoms with Crippen molar-refractivity contribution in [3.63, 3.8) is 0 Å². The fraction of sp³-hybridized carbons (Fsp3) is 0.611. The molecule has 6 nitrogen and oxygen atoms in total. The van der Waals surface area contributed by atoms with Crippen LogP contribution < -0.4 is 15.8 Å². The summed E-state index contributed by atoms with van der Waals surface area (Å²) in [6.45, 7) is 11.0. The molecule has 1 aliphatic rings. The Bertz CT molecular complexity index is 570. The van der Waals surface area contributed by atoms with E-state index in [1.165, 1.54) is 0 Å². The van der Waals surface area contributed by atoms with Gasteiger partial charge in [0.1, 0.15) is 5.75 Å². The number of nitrogens with one attached hydrogen (secondary N) is 1. The number of para-hydroxylation sites is 2. The van der Waals surface area contributed by atoms with Gasteiger partial charge in [0.2, 0.25) is 0 Å². The summed E-state index contributed by atoms with van der Waals surface area (Å²) in [5.41, 5.74) is 6.79. The molecule has 0 amide bonds. The number of methoxy groups -OCH3 is 1. The number of nitrogens with zero attached hydrogens (tertiary/aromatic N) is 2. The normalized spacial score (nSPS) is 22.2. The molecule has 0 aliphatic carbocycles. The molecule has 0 aromatic heterocycles. The number of morpholine rings is 1. The Kier molecular flexibility index (Phi) is 8.43. The van der Waals surface area contributed by atoms with E-state index in [0.29, 0.717) is 12.5 Å². The van der Waals surface area contributed by atoms with Crippen molar-refractivity contribution in [3.8, 4) is 5.75 Å². The molecule has 0 spiro atoms. The molecule has 3 N–H and O–H groups in total. The molecule has 0 bridgehead atoms. The molecule has 2 rings (SSSR count). The van der Waals surface area contributed by atoms with Gasteiger partial charge in [-0.25, -0.2) is 0 Å². The smallest absolute Gasteiger partial charge is 0.193 e. The third-order valence-electron chi connectivity index (χ3n) is 4.28. The molecule has 0 saturated carbocycles. The van der Waals surface area contributed by atoms with E-state index in [1.807, 2.05) is 24.3 Å². The maximum absolute atomic E-state index is 6.06. The SMILES string of the molecule is COc1ccccc1NC(N)=NCC(C)(C)N1CC(C)OC(C)C1.I. The molecule has 142 valence electrons. The van der Waals surface area contributed by atoms with Gasteiger partial charge in [0.15, 0.2) is 5.96 Å². The minimum Gasteiger partial charge on any atom is -0.495 e. The summed E-state index contributed by atoms with van der Waals surface area (Å²) in [7, 11) is 1.64. The Labute approximate surface area is 168 Å². The number of halogens is 1. The summed E-state index contributed by atoms with van der Waals surface area (Å²) in [6.07, 6.45) is 0.474. The second-order valence-electron chi connectivity index (χ2n) is 7.00. The number of rotatable bonds is 5. The van der Waals surface area contributed by atoms with Crippen molar-refractivity contribution < 1.29 is 9.47 Å². The van der Waals surface area contributed by atoms with Gasteiger partial charge in [0.05, 0.1) is 31.5 Å². The van der Waals surface area contributed by atoms with E-state index in [0.717, 1.165) is 24.5 Å². The van der Waals surface area contributed by atoms with Crippen LogP contribution in [0.1, 0.15) is 27.7 Å². The molecule has 2 atom stereocenters. The number of ether oxygens (including phenoxy) is 2. The van der Waals surface area contributed by atoms with Gasteiger partial charge in [-0.1, -0.05) is 12.1 Å². The van der Waals surface area contributed by atoms with Crippen molar-refractivity contribution in [3.05, 3.63) is 24.3 Å². The number of nitrogens with two attached hydrogens (primary N) is 1. The van der Waals surface area contributed by atoms with E-state index in [2.05, 4.69) is 42.9 Å². The van der Waals surface area contributed by atoms with Crippen molar-refractivity contribution in [2.75, 3.05) is 32.1 Å². The highest BCUT2D eigenvalue weighted by Gasteiger charge is 2.33. The Morgan fingerprint density at radius 3 is 2.52 bits per heavy atom. The van der Waals surface area contributed by atoms with Crippen LogP contribution in [0.3, 0.4) is 0 Å². The highest BCUT2D eigenvalue weighted by Crippen LogP contribution is 2.23. The summed E-state index contributed by atoms with van der Waals surface area (Å²) >= 11 is 0. The fourth-order valence-electron chi connectivity index (χ4n) is 2.98. The quantitative estimate of drug-likeness (QED) is 0.400. The maximum Gasteiger partial charge on any atom is 0.193 e. The van der Waals surface area contributed by atoms with Crippen molar-refractivity contribution in [2.45, 2.75) is 45.4 Å². The van der Waals surface area contributed by atoms with Crippen molar-refractivity contribution in [1.29, 1.82) is 0 Å². The molecule has 1 fully saturated rings. The van der Waals surface area contributed by atoms with Crippen LogP contribution in [-0.2, 0) is 4.74 Å². The topological polar surface area (TPSA) is 72.1 Å². The number of aliphatic imine (C=N–C) groups is 1. The van der Waals surface area contributed by atoms with Crippen LogP contribution in [0.5, 0.6) is 5.75 Å². The highest BCUT2D eigenvalue weighted by molar-refractivity contribution is 14.0. The number of hydrogen-bond donors (Lipinski definition) is 2. The van der Waals surface area contributed by atoms with Gasteiger partial charge >= 0.3 is 0 Å². The van der Waals surface area contributed by atoms with Crippen LogP contribution in [0.15, 0.2) is 29.3 Å². The van der Waals surface area contributed by atoms with Crippen molar-refractivity contribution >= 4 is 35.6 Å². The zero-order chi connectivity index (χ0) is 17.7. The lowest BCUT2D eigenvalue weighted by Crippen LogP contribution is -2.56. The van der Waals surface area contributed by atoms with Gasteiger partial charge in [-0.05, 0) is 39.8 Å². The van der Waals surface area contributed by atoms with Gasteiger partial charge in [0, 0.05) is 18.6 Å². The van der Waals surface area contributed by atoms with Crippen LogP contribution in [0.25, 0.3) is 0 Å². The number of benzene rings is 1. The summed E-state index contributed by atoms with van der Waals surface area (Å²) in [4.78, 5) is 6.96. The summed E-state index contributed by atoms with van der Waals surface area (Å²) in [5.74, 6) is 1.13. The van der Waals surface area contributed by atoms with Crippen LogP contribution in [0.2, 0.25) is 0 Å². The van der Waals surface area contributed by atoms with Gasteiger partial charge in [-0.2, -0.15) is 0 Å². The summed E-state index contributed by atoms with van der Waals surface area (Å²) in [6, 6.07) is 7.65. The first kappa shape index (κ1) is 22.0. The second kappa shape index (κ2) is 9.59. The van der Waals surface area contributed by atoms with Gasteiger partial charge in [-0.15, -0.1) is 24.0 Å². The summed E-state index contributed by atoms with van der Waals surface area (Å²) in [5, 5.41) is 3.11. The second-order valence-corrected chi connectivity index (χ2v) is 7.00. The predicted octanol–water partition coefficient (Wildman–Crippen LogP) is 2.93. The van der Waals surface area contributed by atoms with E-state index in [4.69, 9.17) is 15.2 Å². The van der Waals surface area contributed by atoms with Crippen molar-refractivity contribution in [2.24, 2.45) is 10.7 Å². The number of anilines is 1. The van der Waals surface area contributed by atoms with E-state index < -0.39 is 0 Å². The molecule has 7 heteroatoms. The Morgan fingerprint density at radius 1 is 1.32 bits per heavy atom. The van der Waals surface area contributed by atoms with Gasteiger partial charge in [0.25, 0.3) is 0 Å². The first-order valence-corrected chi connectivity index (χ1v) is 8.42. The van der Waals surface area contributed by atoms with E-state index in [1.54, 1.807) is 7.11 Å². The van der Waals surface area contributed by atoms with E-state index in [9.17, 15) is 0 Å². The largest absolute Gasteiger partial charge is 0.495 e. The maximum atomic E-state index is 6.06. The minimum atomic E-state index is -0.0840. The molecule has 25 heavy (non-hydrogen) atoms. The first-order valence-electron chi connectivity index (χ1n) is 8.42. The zero-order valence-electron chi connectivity index (χ0n) is 15.8. The molecule has 1 aromatic rings. The van der Waals surface area contributed by atoms with Crippen LogP contribution in [-0.4, -0.2) is 55.4 Å². The first-order chi connectivity index (χ1) is 11.3. The van der Waals surface area contributed by atoms with Crippen LogP contribution in [0, 0.1) is 0 Å². The minimum absolute atomic E-state index is 0. The molecule has 1 aromatic carbocycles. The van der Waals surface area contributed by atoms with Crippen molar-refractivity contribution in [1.82, 2.24) is 4.90 Å². The lowest BCUT2D eigenvalue weighted by atomic mass is 10.0. The predicted molar refractivity (Wildman–Crippen MR) is 114 cm³/mol. The zero-order valence-corrected chi connectivity index (χ0v) is 18.1. The fourth-order valence-corrected chi connectivity index (χ4v) is 2.98. The average molecular weight is 462 g/mol. The van der Waals surface area contributed by atoms with E-state index >= 15 is 0 Å². The standard InChI is InChI=1S/C18H30N4O2.HI/c1-13-10-22(11-14(2)24-13)18(3,4)12-20-17(19)21-15-8-6-7-9-16(15)23-5;/h6-9,13-14H,10-12H2,1-5H3,(H3,19,20,21);1H. The summed E-state index contributed by atoms with van der Waals surface area (Å²) < 4.78 is 11.1. The number of hydrogen-bond acceptors (Lipinski definition) is 4. The van der Waals surface area contributed by atoms with E-state index in [-0.39, 0.29) is 41.7 Å².